The lowest BCUT2D eigenvalue weighted by Crippen LogP contribution is -2.31. The number of thioether (sulfide) groups is 1. The van der Waals surface area contributed by atoms with E-state index in [4.69, 9.17) is 9.47 Å². The Hall–Kier alpha value is -3.51. The highest BCUT2D eigenvalue weighted by molar-refractivity contribution is 8.03. The monoisotopic (exact) mass is 457 g/mol. The number of aryl methyl sites for hydroxylation is 2. The third kappa shape index (κ3) is 4.02. The summed E-state index contributed by atoms with van der Waals surface area (Å²) in [5.41, 5.74) is 4.88. The summed E-state index contributed by atoms with van der Waals surface area (Å²) < 4.78 is 11.3. The largest absolute Gasteiger partial charge is 0.486 e. The number of rotatable bonds is 5. The Morgan fingerprint density at radius 3 is 2.36 bits per heavy atom. The molecule has 0 spiro atoms. The van der Waals surface area contributed by atoms with Crippen molar-refractivity contribution in [2.24, 2.45) is 0 Å². The third-order valence-electron chi connectivity index (χ3n) is 5.70. The summed E-state index contributed by atoms with van der Waals surface area (Å²) in [4.78, 5) is 29.0. The van der Waals surface area contributed by atoms with Crippen molar-refractivity contribution in [1.82, 2.24) is 0 Å². The third-order valence-corrected chi connectivity index (χ3v) is 6.85. The first kappa shape index (κ1) is 21.3. The molecule has 0 unspecified atom stereocenters. The Balaban J connectivity index is 1.56. The number of anilines is 1. The summed E-state index contributed by atoms with van der Waals surface area (Å²) in [7, 11) is 0. The molecule has 0 bridgehead atoms. The average molecular weight is 458 g/mol. The minimum absolute atomic E-state index is 0.312. The lowest BCUT2D eigenvalue weighted by molar-refractivity contribution is -0.119. The van der Waals surface area contributed by atoms with Gasteiger partial charge in [0.25, 0.3) is 11.8 Å². The van der Waals surface area contributed by atoms with Gasteiger partial charge in [0.2, 0.25) is 0 Å². The molecule has 5 rings (SSSR count). The number of hydrogen-bond donors (Lipinski definition) is 0. The van der Waals surface area contributed by atoms with E-state index in [1.165, 1.54) is 16.7 Å². The van der Waals surface area contributed by atoms with Crippen LogP contribution < -0.4 is 14.4 Å². The lowest BCUT2D eigenvalue weighted by Gasteiger charge is -2.21. The first-order chi connectivity index (χ1) is 16.0. The zero-order valence-electron chi connectivity index (χ0n) is 18.5. The molecule has 0 saturated heterocycles. The van der Waals surface area contributed by atoms with Gasteiger partial charge in [-0.25, -0.2) is 4.90 Å². The van der Waals surface area contributed by atoms with Crippen LogP contribution in [0.15, 0.2) is 71.6 Å². The summed E-state index contributed by atoms with van der Waals surface area (Å²) in [6, 6.07) is 21.1. The molecule has 2 aliphatic rings. The lowest BCUT2D eigenvalue weighted by atomic mass is 9.99. The molecule has 0 aliphatic carbocycles. The molecule has 3 aromatic carbocycles. The minimum atomic E-state index is -0.320. The van der Waals surface area contributed by atoms with Crippen LogP contribution in [0.25, 0.3) is 5.57 Å². The van der Waals surface area contributed by atoms with E-state index in [0.717, 1.165) is 22.3 Å². The van der Waals surface area contributed by atoms with Gasteiger partial charge in [-0.15, -0.1) is 11.8 Å². The molecule has 6 heteroatoms. The van der Waals surface area contributed by atoms with E-state index in [1.807, 2.05) is 62.4 Å². The summed E-state index contributed by atoms with van der Waals surface area (Å²) in [6.45, 7) is 4.90. The van der Waals surface area contributed by atoms with Gasteiger partial charge < -0.3 is 9.47 Å². The summed E-state index contributed by atoms with van der Waals surface area (Å²) in [6.07, 6.45) is 0. The van der Waals surface area contributed by atoms with E-state index >= 15 is 0 Å². The number of benzene rings is 3. The van der Waals surface area contributed by atoms with Crippen molar-refractivity contribution in [3.05, 3.63) is 93.9 Å². The number of nitrogens with zero attached hydrogens (tertiary/aromatic N) is 1. The SMILES string of the molecule is Cc1ccc(C2=C(SCc3ccccc3)C(=O)N(c3ccc4c(c3)OCCO4)C2=O)c(C)c1. The minimum Gasteiger partial charge on any atom is -0.486 e. The van der Waals surface area contributed by atoms with Crippen molar-refractivity contribution in [3.63, 3.8) is 0 Å². The maximum atomic E-state index is 13.7. The standard InChI is InChI=1S/C27H23NO4S/c1-17-8-10-21(18(2)14-17)24-25(33-16-19-6-4-3-5-7-19)27(30)28(26(24)29)20-9-11-22-23(15-20)32-13-12-31-22/h3-11,14-15H,12-13,16H2,1-2H3. The Morgan fingerprint density at radius 2 is 1.61 bits per heavy atom. The van der Waals surface area contributed by atoms with E-state index in [2.05, 4.69) is 0 Å². The van der Waals surface area contributed by atoms with Gasteiger partial charge in [-0.2, -0.15) is 0 Å². The predicted octanol–water partition coefficient (Wildman–Crippen LogP) is 5.29. The van der Waals surface area contributed by atoms with Gasteiger partial charge in [0, 0.05) is 11.8 Å². The number of fused-ring (bicyclic) bond motifs is 1. The van der Waals surface area contributed by atoms with Crippen LogP contribution in [0, 0.1) is 13.8 Å². The molecule has 0 fully saturated rings. The molecular weight excluding hydrogens is 434 g/mol. The van der Waals surface area contributed by atoms with Crippen molar-refractivity contribution in [1.29, 1.82) is 0 Å². The van der Waals surface area contributed by atoms with Crippen LogP contribution in [0.5, 0.6) is 11.5 Å². The van der Waals surface area contributed by atoms with Crippen molar-refractivity contribution in [2.45, 2.75) is 19.6 Å². The predicted molar refractivity (Wildman–Crippen MR) is 130 cm³/mol. The molecule has 166 valence electrons. The Labute approximate surface area is 197 Å². The number of imide groups is 1. The van der Waals surface area contributed by atoms with Crippen LogP contribution >= 0.6 is 11.8 Å². The zero-order chi connectivity index (χ0) is 22.9. The van der Waals surface area contributed by atoms with E-state index in [-0.39, 0.29) is 11.8 Å². The molecule has 0 aromatic heterocycles. The van der Waals surface area contributed by atoms with Gasteiger partial charge in [-0.1, -0.05) is 54.1 Å². The number of hydrogen-bond acceptors (Lipinski definition) is 5. The van der Waals surface area contributed by atoms with Crippen LogP contribution in [-0.4, -0.2) is 25.0 Å². The maximum Gasteiger partial charge on any atom is 0.272 e. The van der Waals surface area contributed by atoms with Crippen LogP contribution in [-0.2, 0) is 15.3 Å². The summed E-state index contributed by atoms with van der Waals surface area (Å²) in [5, 5.41) is 0. The molecule has 33 heavy (non-hydrogen) atoms. The van der Waals surface area contributed by atoms with Gasteiger partial charge in [0.05, 0.1) is 16.2 Å². The van der Waals surface area contributed by atoms with Crippen LogP contribution in [0.1, 0.15) is 22.3 Å². The van der Waals surface area contributed by atoms with Gasteiger partial charge in [-0.05, 0) is 42.7 Å². The van der Waals surface area contributed by atoms with E-state index in [9.17, 15) is 9.59 Å². The average Bonchev–Trinajstić information content (AvgIpc) is 3.07. The fraction of sp³-hybridized carbons (Fsp3) is 0.185. The first-order valence-corrected chi connectivity index (χ1v) is 11.8. The highest BCUT2D eigenvalue weighted by Gasteiger charge is 2.41. The molecule has 0 saturated carbocycles. The fourth-order valence-corrected chi connectivity index (χ4v) is 5.17. The van der Waals surface area contributed by atoms with Crippen LogP contribution in [0.2, 0.25) is 0 Å². The molecule has 3 aromatic rings. The zero-order valence-corrected chi connectivity index (χ0v) is 19.3. The second-order valence-electron chi connectivity index (χ2n) is 8.07. The molecule has 0 radical (unpaired) electrons. The molecule has 2 amide bonds. The van der Waals surface area contributed by atoms with Crippen molar-refractivity contribution in [2.75, 3.05) is 18.1 Å². The normalized spacial score (nSPS) is 15.4. The van der Waals surface area contributed by atoms with Gasteiger partial charge in [0.1, 0.15) is 13.2 Å². The quantitative estimate of drug-likeness (QED) is 0.487. The van der Waals surface area contributed by atoms with Gasteiger partial charge in [0.15, 0.2) is 11.5 Å². The second-order valence-corrected chi connectivity index (χ2v) is 9.06. The molecule has 0 atom stereocenters. The topological polar surface area (TPSA) is 55.8 Å². The smallest absolute Gasteiger partial charge is 0.272 e. The Kier molecular flexibility index (Phi) is 5.68. The number of carbonyl (C=O) groups excluding carboxylic acids is 2. The Morgan fingerprint density at radius 1 is 0.848 bits per heavy atom. The van der Waals surface area contributed by atoms with Crippen molar-refractivity contribution in [3.8, 4) is 11.5 Å². The van der Waals surface area contributed by atoms with Crippen molar-refractivity contribution < 1.29 is 19.1 Å². The maximum absolute atomic E-state index is 13.7. The first-order valence-electron chi connectivity index (χ1n) is 10.8. The highest BCUT2D eigenvalue weighted by atomic mass is 32.2. The van der Waals surface area contributed by atoms with E-state index in [0.29, 0.717) is 46.6 Å². The van der Waals surface area contributed by atoms with Crippen LogP contribution in [0.4, 0.5) is 5.69 Å². The fourth-order valence-electron chi connectivity index (χ4n) is 4.11. The summed E-state index contributed by atoms with van der Waals surface area (Å²) >= 11 is 1.40. The summed E-state index contributed by atoms with van der Waals surface area (Å²) in [5.74, 6) is 1.12. The second kappa shape index (κ2) is 8.79. The van der Waals surface area contributed by atoms with E-state index < -0.39 is 0 Å². The molecule has 5 nitrogen and oxygen atoms in total. The van der Waals surface area contributed by atoms with E-state index in [1.54, 1.807) is 18.2 Å². The van der Waals surface area contributed by atoms with Crippen LogP contribution in [0.3, 0.4) is 0 Å². The highest BCUT2D eigenvalue weighted by Crippen LogP contribution is 2.42. The molecule has 2 aliphatic heterocycles. The Bertz CT molecular complexity index is 1280. The number of carbonyl (C=O) groups is 2. The number of amides is 2. The molecular formula is C27H23NO4S. The van der Waals surface area contributed by atoms with Gasteiger partial charge in [-0.3, -0.25) is 9.59 Å². The van der Waals surface area contributed by atoms with Crippen molar-refractivity contribution >= 4 is 34.8 Å². The number of ether oxygens (including phenoxy) is 2. The van der Waals surface area contributed by atoms with Gasteiger partial charge >= 0.3 is 0 Å². The molecule has 0 N–H and O–H groups in total. The molecule has 2 heterocycles.